The molecule has 0 spiro atoms. The molecule has 0 saturated carbocycles. The van der Waals surface area contributed by atoms with Gasteiger partial charge in [-0.15, -0.1) is 0 Å². The maximum absolute atomic E-state index is 13.1. The second kappa shape index (κ2) is 4.26. The zero-order valence-electron chi connectivity index (χ0n) is 8.39. The molecule has 0 aliphatic heterocycles. The molecule has 0 amide bonds. The quantitative estimate of drug-likeness (QED) is 0.755. The molecule has 1 aromatic rings. The normalized spacial score (nSPS) is 10.5. The summed E-state index contributed by atoms with van der Waals surface area (Å²) in [5.74, 6) is -0.114. The summed E-state index contributed by atoms with van der Waals surface area (Å²) in [5, 5.41) is 3.24. The summed E-state index contributed by atoms with van der Waals surface area (Å²) < 4.78 is 13.1. The molecule has 1 N–H and O–H groups in total. The number of hydrogen-bond donors (Lipinski definition) is 1. The van der Waals surface area contributed by atoms with E-state index in [9.17, 15) is 4.39 Å². The molecular weight excluding hydrogens is 165 g/mol. The van der Waals surface area contributed by atoms with Gasteiger partial charge in [-0.2, -0.15) is 0 Å². The standard InChI is InChI=1S/C11H16FN/c1-4-9-7-10(13-8(2)3)5-6-11(9)12/h5-8,13H,4H2,1-3H3. The Morgan fingerprint density at radius 1 is 1.38 bits per heavy atom. The lowest BCUT2D eigenvalue weighted by Gasteiger charge is -2.11. The minimum absolute atomic E-state index is 0.114. The Morgan fingerprint density at radius 3 is 2.62 bits per heavy atom. The van der Waals surface area contributed by atoms with Crippen LogP contribution in [0.5, 0.6) is 0 Å². The highest BCUT2D eigenvalue weighted by atomic mass is 19.1. The van der Waals surface area contributed by atoms with E-state index < -0.39 is 0 Å². The Balaban J connectivity index is 2.86. The van der Waals surface area contributed by atoms with E-state index in [-0.39, 0.29) is 5.82 Å². The van der Waals surface area contributed by atoms with Crippen molar-refractivity contribution in [3.05, 3.63) is 29.6 Å². The van der Waals surface area contributed by atoms with Gasteiger partial charge in [-0.05, 0) is 44.0 Å². The van der Waals surface area contributed by atoms with Crippen molar-refractivity contribution in [2.75, 3.05) is 5.32 Å². The second-order valence-corrected chi connectivity index (χ2v) is 3.46. The highest BCUT2D eigenvalue weighted by Crippen LogP contribution is 2.15. The van der Waals surface area contributed by atoms with Crippen LogP contribution in [-0.4, -0.2) is 6.04 Å². The van der Waals surface area contributed by atoms with E-state index in [1.807, 2.05) is 13.0 Å². The molecule has 0 aliphatic carbocycles. The Kier molecular flexibility index (Phi) is 3.29. The van der Waals surface area contributed by atoms with Crippen molar-refractivity contribution in [1.82, 2.24) is 0 Å². The van der Waals surface area contributed by atoms with E-state index in [0.717, 1.165) is 17.7 Å². The zero-order valence-corrected chi connectivity index (χ0v) is 8.39. The van der Waals surface area contributed by atoms with Gasteiger partial charge in [-0.25, -0.2) is 4.39 Å². The van der Waals surface area contributed by atoms with Crippen LogP contribution in [0.15, 0.2) is 18.2 Å². The molecule has 13 heavy (non-hydrogen) atoms. The average Bonchev–Trinajstić information content (AvgIpc) is 2.07. The van der Waals surface area contributed by atoms with Crippen molar-refractivity contribution in [2.24, 2.45) is 0 Å². The molecule has 2 heteroatoms. The number of benzene rings is 1. The monoisotopic (exact) mass is 181 g/mol. The minimum atomic E-state index is -0.114. The van der Waals surface area contributed by atoms with Crippen LogP contribution in [0, 0.1) is 5.82 Å². The minimum Gasteiger partial charge on any atom is -0.383 e. The molecule has 0 aromatic heterocycles. The second-order valence-electron chi connectivity index (χ2n) is 3.46. The maximum Gasteiger partial charge on any atom is 0.126 e. The molecule has 0 unspecified atom stereocenters. The Bertz CT molecular complexity index is 281. The van der Waals surface area contributed by atoms with Crippen LogP contribution in [-0.2, 0) is 6.42 Å². The van der Waals surface area contributed by atoms with E-state index in [1.54, 1.807) is 6.07 Å². The predicted octanol–water partition coefficient (Wildman–Crippen LogP) is 3.21. The van der Waals surface area contributed by atoms with Crippen molar-refractivity contribution in [1.29, 1.82) is 0 Å². The third-order valence-electron chi connectivity index (χ3n) is 1.88. The number of halogens is 1. The lowest BCUT2D eigenvalue weighted by atomic mass is 10.1. The summed E-state index contributed by atoms with van der Waals surface area (Å²) in [6, 6.07) is 5.54. The fourth-order valence-corrected chi connectivity index (χ4v) is 1.27. The van der Waals surface area contributed by atoms with Gasteiger partial charge in [0.25, 0.3) is 0 Å². The SMILES string of the molecule is CCc1cc(NC(C)C)ccc1F. The Labute approximate surface area is 79.0 Å². The first-order valence-electron chi connectivity index (χ1n) is 4.68. The third kappa shape index (κ3) is 2.72. The van der Waals surface area contributed by atoms with Crippen LogP contribution < -0.4 is 5.32 Å². The predicted molar refractivity (Wildman–Crippen MR) is 54.5 cm³/mol. The van der Waals surface area contributed by atoms with E-state index in [4.69, 9.17) is 0 Å². The van der Waals surface area contributed by atoms with Crippen LogP contribution in [0.25, 0.3) is 0 Å². The molecule has 1 nitrogen and oxygen atoms in total. The van der Waals surface area contributed by atoms with Crippen molar-refractivity contribution >= 4 is 5.69 Å². The molecule has 0 aliphatic rings. The number of anilines is 1. The van der Waals surface area contributed by atoms with Gasteiger partial charge < -0.3 is 5.32 Å². The first kappa shape index (κ1) is 10.0. The molecule has 1 aromatic carbocycles. The number of hydrogen-bond acceptors (Lipinski definition) is 1. The zero-order chi connectivity index (χ0) is 9.84. The summed E-state index contributed by atoms with van der Waals surface area (Å²) in [7, 11) is 0. The van der Waals surface area contributed by atoms with E-state index >= 15 is 0 Å². The highest BCUT2D eigenvalue weighted by molar-refractivity contribution is 5.46. The van der Waals surface area contributed by atoms with Crippen LogP contribution in [0.1, 0.15) is 26.3 Å². The molecule has 1 rings (SSSR count). The molecule has 0 heterocycles. The van der Waals surface area contributed by atoms with Crippen molar-refractivity contribution in [3.63, 3.8) is 0 Å². The maximum atomic E-state index is 13.1. The summed E-state index contributed by atoms with van der Waals surface area (Å²) in [6.07, 6.45) is 0.736. The van der Waals surface area contributed by atoms with Crippen LogP contribution in [0.2, 0.25) is 0 Å². The first-order chi connectivity index (χ1) is 6.13. The number of nitrogens with one attached hydrogen (secondary N) is 1. The van der Waals surface area contributed by atoms with Gasteiger partial charge in [0.15, 0.2) is 0 Å². The third-order valence-corrected chi connectivity index (χ3v) is 1.88. The van der Waals surface area contributed by atoms with E-state index in [0.29, 0.717) is 6.04 Å². The Morgan fingerprint density at radius 2 is 2.08 bits per heavy atom. The van der Waals surface area contributed by atoms with Gasteiger partial charge in [0.2, 0.25) is 0 Å². The Hall–Kier alpha value is -1.05. The molecule has 0 fully saturated rings. The van der Waals surface area contributed by atoms with Crippen LogP contribution in [0.3, 0.4) is 0 Å². The fourth-order valence-electron chi connectivity index (χ4n) is 1.27. The van der Waals surface area contributed by atoms with Gasteiger partial charge in [-0.3, -0.25) is 0 Å². The summed E-state index contributed by atoms with van der Waals surface area (Å²) >= 11 is 0. The van der Waals surface area contributed by atoms with E-state index in [2.05, 4.69) is 19.2 Å². The van der Waals surface area contributed by atoms with Crippen molar-refractivity contribution in [2.45, 2.75) is 33.2 Å². The molecule has 0 bridgehead atoms. The largest absolute Gasteiger partial charge is 0.383 e. The highest BCUT2D eigenvalue weighted by Gasteiger charge is 2.01. The summed E-state index contributed by atoms with van der Waals surface area (Å²) in [6.45, 7) is 6.08. The van der Waals surface area contributed by atoms with Gasteiger partial charge >= 0.3 is 0 Å². The lowest BCUT2D eigenvalue weighted by molar-refractivity contribution is 0.612. The lowest BCUT2D eigenvalue weighted by Crippen LogP contribution is -2.09. The molecular formula is C11H16FN. The topological polar surface area (TPSA) is 12.0 Å². The number of rotatable bonds is 3. The smallest absolute Gasteiger partial charge is 0.126 e. The molecule has 0 atom stereocenters. The summed E-state index contributed by atoms with van der Waals surface area (Å²) in [5.41, 5.74) is 1.76. The van der Waals surface area contributed by atoms with Gasteiger partial charge in [0.05, 0.1) is 0 Å². The van der Waals surface area contributed by atoms with Gasteiger partial charge in [0.1, 0.15) is 5.82 Å². The average molecular weight is 181 g/mol. The molecule has 0 radical (unpaired) electrons. The van der Waals surface area contributed by atoms with Crippen LogP contribution in [0.4, 0.5) is 10.1 Å². The van der Waals surface area contributed by atoms with Crippen molar-refractivity contribution in [3.8, 4) is 0 Å². The van der Waals surface area contributed by atoms with E-state index in [1.165, 1.54) is 6.07 Å². The number of aryl methyl sites for hydroxylation is 1. The van der Waals surface area contributed by atoms with Gasteiger partial charge in [-0.1, -0.05) is 6.92 Å². The first-order valence-corrected chi connectivity index (χ1v) is 4.68. The fraction of sp³-hybridized carbons (Fsp3) is 0.455. The molecule has 72 valence electrons. The molecule has 0 saturated heterocycles. The van der Waals surface area contributed by atoms with Gasteiger partial charge in [0, 0.05) is 11.7 Å². The van der Waals surface area contributed by atoms with Crippen LogP contribution >= 0.6 is 0 Å². The van der Waals surface area contributed by atoms with Crippen molar-refractivity contribution < 1.29 is 4.39 Å². The summed E-state index contributed by atoms with van der Waals surface area (Å²) in [4.78, 5) is 0.